The van der Waals surface area contributed by atoms with Crippen LogP contribution in [-0.2, 0) is 12.7 Å². The second kappa shape index (κ2) is 5.93. The molecule has 0 saturated carbocycles. The van der Waals surface area contributed by atoms with Gasteiger partial charge in [-0.1, -0.05) is 13.0 Å². The van der Waals surface area contributed by atoms with Crippen molar-refractivity contribution in [1.29, 1.82) is 5.26 Å². The molecule has 8 heteroatoms. The summed E-state index contributed by atoms with van der Waals surface area (Å²) in [6.07, 6.45) is -3.25. The van der Waals surface area contributed by atoms with Crippen LogP contribution < -0.4 is 5.32 Å². The number of halogens is 3. The van der Waals surface area contributed by atoms with Gasteiger partial charge in [0.15, 0.2) is 0 Å². The summed E-state index contributed by atoms with van der Waals surface area (Å²) in [7, 11) is 0. The maximum absolute atomic E-state index is 13.1. The first-order chi connectivity index (χ1) is 9.95. The first-order valence-electron chi connectivity index (χ1n) is 6.18. The zero-order valence-electron chi connectivity index (χ0n) is 11.1. The van der Waals surface area contributed by atoms with Crippen molar-refractivity contribution >= 4 is 0 Å². The Bertz CT molecular complexity index is 669. The van der Waals surface area contributed by atoms with E-state index in [2.05, 4.69) is 15.4 Å². The summed E-state index contributed by atoms with van der Waals surface area (Å²) < 4.78 is 40.5. The van der Waals surface area contributed by atoms with Crippen LogP contribution in [0.15, 0.2) is 24.5 Å². The van der Waals surface area contributed by atoms with Gasteiger partial charge in [-0.15, -0.1) is 5.10 Å². The van der Waals surface area contributed by atoms with Gasteiger partial charge in [-0.2, -0.15) is 18.4 Å². The van der Waals surface area contributed by atoms with E-state index in [1.807, 2.05) is 6.92 Å². The van der Waals surface area contributed by atoms with E-state index in [9.17, 15) is 13.2 Å². The first kappa shape index (κ1) is 15.0. The Morgan fingerprint density at radius 3 is 2.71 bits per heavy atom. The predicted octanol–water partition coefficient (Wildman–Crippen LogP) is 2.27. The topological polar surface area (TPSA) is 66.5 Å². The Kier molecular flexibility index (Phi) is 4.23. The van der Waals surface area contributed by atoms with Crippen LogP contribution in [0.25, 0.3) is 5.69 Å². The van der Waals surface area contributed by atoms with Crippen LogP contribution in [0.1, 0.15) is 23.9 Å². The maximum atomic E-state index is 13.1. The highest BCUT2D eigenvalue weighted by molar-refractivity contribution is 5.41. The number of rotatable bonds is 4. The van der Waals surface area contributed by atoms with Gasteiger partial charge in [0.25, 0.3) is 5.82 Å². The average Bonchev–Trinajstić information content (AvgIpc) is 2.93. The van der Waals surface area contributed by atoms with Crippen LogP contribution in [0.2, 0.25) is 0 Å². The zero-order valence-corrected chi connectivity index (χ0v) is 11.1. The van der Waals surface area contributed by atoms with Gasteiger partial charge in [-0.3, -0.25) is 0 Å². The van der Waals surface area contributed by atoms with Crippen molar-refractivity contribution < 1.29 is 13.2 Å². The number of alkyl halides is 3. The van der Waals surface area contributed by atoms with Crippen molar-refractivity contribution in [3.63, 3.8) is 0 Å². The molecule has 1 aromatic heterocycles. The maximum Gasteiger partial charge on any atom is 0.416 e. The molecule has 0 bridgehead atoms. The number of nitrogens with one attached hydrogen (secondary N) is 1. The molecule has 5 nitrogen and oxygen atoms in total. The summed E-state index contributed by atoms with van der Waals surface area (Å²) in [4.78, 5) is 3.67. The quantitative estimate of drug-likeness (QED) is 0.939. The highest BCUT2D eigenvalue weighted by Crippen LogP contribution is 2.33. The summed E-state index contributed by atoms with van der Waals surface area (Å²) in [6, 6.07) is 5.64. The molecule has 0 fully saturated rings. The first-order valence-corrected chi connectivity index (χ1v) is 6.18. The molecular weight excluding hydrogens is 283 g/mol. The predicted molar refractivity (Wildman–Crippen MR) is 68.5 cm³/mol. The fourth-order valence-corrected chi connectivity index (χ4v) is 1.82. The highest BCUT2D eigenvalue weighted by atomic mass is 19.4. The Morgan fingerprint density at radius 1 is 1.38 bits per heavy atom. The molecule has 0 aliphatic carbocycles. The van der Waals surface area contributed by atoms with Crippen molar-refractivity contribution in [2.45, 2.75) is 19.6 Å². The number of aromatic nitrogens is 3. The lowest BCUT2D eigenvalue weighted by molar-refractivity contribution is -0.138. The Labute approximate surface area is 119 Å². The Morgan fingerprint density at radius 2 is 2.14 bits per heavy atom. The van der Waals surface area contributed by atoms with Crippen LogP contribution in [0.5, 0.6) is 0 Å². The van der Waals surface area contributed by atoms with Crippen molar-refractivity contribution in [3.05, 3.63) is 41.5 Å². The third-order valence-electron chi connectivity index (χ3n) is 2.82. The molecule has 0 unspecified atom stereocenters. The molecule has 1 heterocycles. The minimum Gasteiger partial charge on any atom is -0.313 e. The number of hydrogen-bond acceptors (Lipinski definition) is 4. The van der Waals surface area contributed by atoms with Gasteiger partial charge >= 0.3 is 6.18 Å². The summed E-state index contributed by atoms with van der Waals surface area (Å²) in [5, 5.41) is 15.3. The van der Waals surface area contributed by atoms with Crippen LogP contribution >= 0.6 is 0 Å². The third kappa shape index (κ3) is 3.38. The van der Waals surface area contributed by atoms with Gasteiger partial charge in [0.05, 0.1) is 11.3 Å². The smallest absolute Gasteiger partial charge is 0.313 e. The van der Waals surface area contributed by atoms with Gasteiger partial charge in [0.2, 0.25) is 0 Å². The van der Waals surface area contributed by atoms with Crippen molar-refractivity contribution in [2.24, 2.45) is 0 Å². The van der Waals surface area contributed by atoms with E-state index in [-0.39, 0.29) is 23.6 Å². The zero-order chi connectivity index (χ0) is 15.5. The standard InChI is InChI=1S/C13H12F3N5/c1-2-18-7-9-3-4-10(5-11(9)13(14,15)16)21-8-19-12(6-17)20-21/h3-5,8,18H,2,7H2,1H3. The number of nitriles is 1. The van der Waals surface area contributed by atoms with E-state index >= 15 is 0 Å². The van der Waals surface area contributed by atoms with Crippen LogP contribution in [0.4, 0.5) is 13.2 Å². The molecule has 1 aromatic carbocycles. The van der Waals surface area contributed by atoms with E-state index < -0.39 is 11.7 Å². The molecule has 21 heavy (non-hydrogen) atoms. The van der Waals surface area contributed by atoms with Crippen molar-refractivity contribution in [3.8, 4) is 11.8 Å². The summed E-state index contributed by atoms with van der Waals surface area (Å²) in [5.41, 5.74) is -0.361. The summed E-state index contributed by atoms with van der Waals surface area (Å²) >= 11 is 0. The van der Waals surface area contributed by atoms with Gasteiger partial charge in [0, 0.05) is 6.54 Å². The monoisotopic (exact) mass is 295 g/mol. The number of hydrogen-bond donors (Lipinski definition) is 1. The molecule has 0 spiro atoms. The normalized spacial score (nSPS) is 11.4. The lowest BCUT2D eigenvalue weighted by atomic mass is 10.1. The molecule has 0 aliphatic rings. The Balaban J connectivity index is 2.44. The van der Waals surface area contributed by atoms with Gasteiger partial charge in [-0.25, -0.2) is 9.67 Å². The molecule has 0 aliphatic heterocycles. The largest absolute Gasteiger partial charge is 0.416 e. The van der Waals surface area contributed by atoms with Crippen LogP contribution in [0, 0.1) is 11.3 Å². The molecule has 1 N–H and O–H groups in total. The van der Waals surface area contributed by atoms with E-state index in [1.54, 1.807) is 6.07 Å². The van der Waals surface area contributed by atoms with Crippen LogP contribution in [0.3, 0.4) is 0 Å². The van der Waals surface area contributed by atoms with Gasteiger partial charge in [-0.05, 0) is 24.2 Å². The Hall–Kier alpha value is -2.40. The average molecular weight is 295 g/mol. The highest BCUT2D eigenvalue weighted by Gasteiger charge is 2.33. The molecule has 0 saturated heterocycles. The van der Waals surface area contributed by atoms with Gasteiger partial charge < -0.3 is 5.32 Å². The van der Waals surface area contributed by atoms with Gasteiger partial charge in [0.1, 0.15) is 12.4 Å². The van der Waals surface area contributed by atoms with E-state index in [1.165, 1.54) is 18.5 Å². The molecule has 0 amide bonds. The van der Waals surface area contributed by atoms with E-state index in [0.29, 0.717) is 6.54 Å². The molecule has 0 atom stereocenters. The molecule has 2 rings (SSSR count). The van der Waals surface area contributed by atoms with E-state index in [0.717, 1.165) is 10.7 Å². The minimum atomic E-state index is -4.46. The third-order valence-corrected chi connectivity index (χ3v) is 2.82. The lowest BCUT2D eigenvalue weighted by Crippen LogP contribution is -2.17. The number of benzene rings is 1. The number of nitrogens with zero attached hydrogens (tertiary/aromatic N) is 4. The SMILES string of the molecule is CCNCc1ccc(-n2cnc(C#N)n2)cc1C(F)(F)F. The molecule has 110 valence electrons. The molecule has 0 radical (unpaired) electrons. The minimum absolute atomic E-state index is 0.0970. The molecule has 2 aromatic rings. The molecular formula is C13H12F3N5. The second-order valence-electron chi connectivity index (χ2n) is 4.24. The van der Waals surface area contributed by atoms with E-state index in [4.69, 9.17) is 5.26 Å². The van der Waals surface area contributed by atoms with Crippen molar-refractivity contribution in [1.82, 2.24) is 20.1 Å². The van der Waals surface area contributed by atoms with Crippen molar-refractivity contribution in [2.75, 3.05) is 6.54 Å². The second-order valence-corrected chi connectivity index (χ2v) is 4.24. The summed E-state index contributed by atoms with van der Waals surface area (Å²) in [5.74, 6) is -0.0970. The fourth-order valence-electron chi connectivity index (χ4n) is 1.82. The fraction of sp³-hybridized carbons (Fsp3) is 0.308. The van der Waals surface area contributed by atoms with Crippen LogP contribution in [-0.4, -0.2) is 21.3 Å². The lowest BCUT2D eigenvalue weighted by Gasteiger charge is -2.14. The summed E-state index contributed by atoms with van der Waals surface area (Å²) in [6.45, 7) is 2.53.